The molecule has 1 aromatic heterocycles. The van der Waals surface area contributed by atoms with Gasteiger partial charge >= 0.3 is 0 Å². The topological polar surface area (TPSA) is 56.3 Å². The van der Waals surface area contributed by atoms with Crippen LogP contribution in [0, 0.1) is 0 Å². The lowest BCUT2D eigenvalue weighted by molar-refractivity contribution is 0.0774. The fraction of sp³-hybridized carbons (Fsp3) is 0.733. The SMILES string of the molecule is CCCNc1nc(C2CCCOC2)nc2c1COCC2. The average molecular weight is 277 g/mol. The number of nitrogens with zero attached hydrogens (tertiary/aromatic N) is 2. The molecule has 3 heterocycles. The normalized spacial score (nSPS) is 22.4. The standard InChI is InChI=1S/C15H23N3O2/c1-2-6-16-15-12-10-20-8-5-13(12)17-14(18-15)11-4-3-7-19-9-11/h11H,2-10H2,1H3,(H,16,17,18). The molecule has 1 atom stereocenters. The van der Waals surface area contributed by atoms with Gasteiger partial charge in [-0.1, -0.05) is 6.92 Å². The van der Waals surface area contributed by atoms with Gasteiger partial charge in [0, 0.05) is 31.1 Å². The highest BCUT2D eigenvalue weighted by atomic mass is 16.5. The van der Waals surface area contributed by atoms with Crippen LogP contribution in [0.4, 0.5) is 5.82 Å². The molecule has 1 N–H and O–H groups in total. The van der Waals surface area contributed by atoms with Gasteiger partial charge in [0.1, 0.15) is 11.6 Å². The molecular weight excluding hydrogens is 254 g/mol. The first-order valence-electron chi connectivity index (χ1n) is 7.67. The predicted octanol–water partition coefficient (Wildman–Crippen LogP) is 2.27. The van der Waals surface area contributed by atoms with Crippen molar-refractivity contribution in [3.63, 3.8) is 0 Å². The van der Waals surface area contributed by atoms with Crippen molar-refractivity contribution in [3.05, 3.63) is 17.1 Å². The number of rotatable bonds is 4. The minimum absolute atomic E-state index is 0.346. The van der Waals surface area contributed by atoms with E-state index in [0.29, 0.717) is 12.5 Å². The van der Waals surface area contributed by atoms with Gasteiger partial charge in [0.05, 0.1) is 25.5 Å². The average Bonchev–Trinajstić information content (AvgIpc) is 2.53. The largest absolute Gasteiger partial charge is 0.381 e. The molecule has 1 fully saturated rings. The highest BCUT2D eigenvalue weighted by molar-refractivity contribution is 5.47. The fourth-order valence-corrected chi connectivity index (χ4v) is 2.77. The number of aromatic nitrogens is 2. The van der Waals surface area contributed by atoms with Gasteiger partial charge < -0.3 is 14.8 Å². The van der Waals surface area contributed by atoms with Crippen molar-refractivity contribution in [1.29, 1.82) is 0 Å². The maximum atomic E-state index is 5.58. The van der Waals surface area contributed by atoms with E-state index in [-0.39, 0.29) is 0 Å². The number of hydrogen-bond donors (Lipinski definition) is 1. The lowest BCUT2D eigenvalue weighted by Crippen LogP contribution is -2.23. The van der Waals surface area contributed by atoms with Gasteiger partial charge in [0.15, 0.2) is 0 Å². The minimum Gasteiger partial charge on any atom is -0.381 e. The zero-order valence-electron chi connectivity index (χ0n) is 12.2. The third-order valence-electron chi connectivity index (χ3n) is 3.91. The Bertz CT molecular complexity index is 459. The second kappa shape index (κ2) is 6.50. The van der Waals surface area contributed by atoms with E-state index < -0.39 is 0 Å². The van der Waals surface area contributed by atoms with Crippen molar-refractivity contribution in [2.75, 3.05) is 31.7 Å². The summed E-state index contributed by atoms with van der Waals surface area (Å²) in [5, 5.41) is 3.43. The monoisotopic (exact) mass is 277 g/mol. The van der Waals surface area contributed by atoms with Crippen molar-refractivity contribution in [2.24, 2.45) is 0 Å². The number of hydrogen-bond acceptors (Lipinski definition) is 5. The van der Waals surface area contributed by atoms with Crippen molar-refractivity contribution in [3.8, 4) is 0 Å². The molecule has 0 bridgehead atoms. The van der Waals surface area contributed by atoms with Crippen LogP contribution < -0.4 is 5.32 Å². The molecule has 20 heavy (non-hydrogen) atoms. The van der Waals surface area contributed by atoms with E-state index >= 15 is 0 Å². The Morgan fingerprint density at radius 1 is 1.25 bits per heavy atom. The van der Waals surface area contributed by atoms with Crippen LogP contribution in [0.25, 0.3) is 0 Å². The Balaban J connectivity index is 1.89. The number of nitrogens with one attached hydrogen (secondary N) is 1. The van der Waals surface area contributed by atoms with E-state index in [1.165, 1.54) is 0 Å². The summed E-state index contributed by atoms with van der Waals surface area (Å²) in [6.07, 6.45) is 4.20. The van der Waals surface area contributed by atoms with Crippen molar-refractivity contribution in [1.82, 2.24) is 9.97 Å². The van der Waals surface area contributed by atoms with Crippen molar-refractivity contribution < 1.29 is 9.47 Å². The second-order valence-corrected chi connectivity index (χ2v) is 5.50. The van der Waals surface area contributed by atoms with Crippen LogP contribution in [0.3, 0.4) is 0 Å². The predicted molar refractivity (Wildman–Crippen MR) is 77.0 cm³/mol. The van der Waals surface area contributed by atoms with Crippen LogP contribution in [-0.4, -0.2) is 36.3 Å². The van der Waals surface area contributed by atoms with E-state index in [0.717, 1.165) is 74.9 Å². The summed E-state index contributed by atoms with van der Waals surface area (Å²) in [6, 6.07) is 0. The van der Waals surface area contributed by atoms with Crippen LogP contribution in [0.2, 0.25) is 0 Å². The Kier molecular flexibility index (Phi) is 4.47. The summed E-state index contributed by atoms with van der Waals surface area (Å²) in [5.41, 5.74) is 2.30. The Hall–Kier alpha value is -1.20. The van der Waals surface area contributed by atoms with Gasteiger partial charge in [-0.2, -0.15) is 0 Å². The van der Waals surface area contributed by atoms with Gasteiger partial charge in [-0.15, -0.1) is 0 Å². The van der Waals surface area contributed by atoms with E-state index in [1.807, 2.05) is 0 Å². The third-order valence-corrected chi connectivity index (χ3v) is 3.91. The molecule has 2 aliphatic heterocycles. The van der Waals surface area contributed by atoms with E-state index in [1.54, 1.807) is 0 Å². The van der Waals surface area contributed by atoms with Gasteiger partial charge in [0.25, 0.3) is 0 Å². The summed E-state index contributed by atoms with van der Waals surface area (Å²) in [7, 11) is 0. The van der Waals surface area contributed by atoms with Gasteiger partial charge in [0.2, 0.25) is 0 Å². The smallest absolute Gasteiger partial charge is 0.136 e. The highest BCUT2D eigenvalue weighted by Crippen LogP contribution is 2.28. The van der Waals surface area contributed by atoms with E-state index in [4.69, 9.17) is 19.4 Å². The second-order valence-electron chi connectivity index (χ2n) is 5.50. The molecule has 0 aliphatic carbocycles. The molecule has 5 heteroatoms. The van der Waals surface area contributed by atoms with Gasteiger partial charge in [-0.05, 0) is 19.3 Å². The van der Waals surface area contributed by atoms with Crippen molar-refractivity contribution >= 4 is 5.82 Å². The maximum absolute atomic E-state index is 5.58. The minimum atomic E-state index is 0.346. The summed E-state index contributed by atoms with van der Waals surface area (Å²) < 4.78 is 11.1. The molecule has 2 aliphatic rings. The molecule has 0 spiro atoms. The van der Waals surface area contributed by atoms with Crippen LogP contribution in [0.1, 0.15) is 49.2 Å². The van der Waals surface area contributed by atoms with Crippen LogP contribution in [0.5, 0.6) is 0 Å². The molecule has 0 amide bonds. The molecule has 5 nitrogen and oxygen atoms in total. The molecule has 0 aromatic carbocycles. The fourth-order valence-electron chi connectivity index (χ4n) is 2.77. The zero-order valence-corrected chi connectivity index (χ0v) is 12.2. The maximum Gasteiger partial charge on any atom is 0.136 e. The van der Waals surface area contributed by atoms with Gasteiger partial charge in [-0.3, -0.25) is 0 Å². The summed E-state index contributed by atoms with van der Waals surface area (Å²) in [4.78, 5) is 9.56. The first kappa shape index (κ1) is 13.8. The summed E-state index contributed by atoms with van der Waals surface area (Å²) in [6.45, 7) is 6.11. The highest BCUT2D eigenvalue weighted by Gasteiger charge is 2.24. The zero-order chi connectivity index (χ0) is 13.8. The number of ether oxygens (including phenoxy) is 2. The third kappa shape index (κ3) is 2.94. The van der Waals surface area contributed by atoms with E-state index in [2.05, 4.69) is 12.2 Å². The molecule has 3 rings (SSSR count). The lowest BCUT2D eigenvalue weighted by atomic mass is 10.0. The molecular formula is C15H23N3O2. The van der Waals surface area contributed by atoms with Gasteiger partial charge in [-0.25, -0.2) is 9.97 Å². The Morgan fingerprint density at radius 2 is 2.20 bits per heavy atom. The quantitative estimate of drug-likeness (QED) is 0.915. The molecule has 110 valence electrons. The number of anilines is 1. The van der Waals surface area contributed by atoms with Crippen molar-refractivity contribution in [2.45, 2.75) is 45.1 Å². The molecule has 1 saturated heterocycles. The van der Waals surface area contributed by atoms with E-state index in [9.17, 15) is 0 Å². The first-order valence-corrected chi connectivity index (χ1v) is 7.67. The van der Waals surface area contributed by atoms with Crippen LogP contribution >= 0.6 is 0 Å². The first-order chi connectivity index (χ1) is 9.88. The Morgan fingerprint density at radius 3 is 3.00 bits per heavy atom. The molecule has 1 aromatic rings. The summed E-state index contributed by atoms with van der Waals surface area (Å²) >= 11 is 0. The Labute approximate surface area is 120 Å². The lowest BCUT2D eigenvalue weighted by Gasteiger charge is -2.25. The molecule has 0 saturated carbocycles. The van der Waals surface area contributed by atoms with Crippen LogP contribution in [-0.2, 0) is 22.5 Å². The van der Waals surface area contributed by atoms with Crippen LogP contribution in [0.15, 0.2) is 0 Å². The number of fused-ring (bicyclic) bond motifs is 1. The molecule has 1 unspecified atom stereocenters. The molecule has 0 radical (unpaired) electrons. The summed E-state index contributed by atoms with van der Waals surface area (Å²) in [5.74, 6) is 2.26.